The van der Waals surface area contributed by atoms with Gasteiger partial charge in [-0.2, -0.15) is 9.37 Å². The minimum atomic E-state index is -0.666. The molecular weight excluding hydrogens is 240 g/mol. The van der Waals surface area contributed by atoms with Crippen LogP contribution < -0.4 is 10.5 Å². The summed E-state index contributed by atoms with van der Waals surface area (Å²) in [4.78, 5) is 7.32. The first kappa shape index (κ1) is 12.4. The third-order valence-corrected chi connectivity index (χ3v) is 2.39. The molecule has 0 atom stereocenters. The van der Waals surface area contributed by atoms with Crippen LogP contribution in [0.4, 0.5) is 8.78 Å². The fourth-order valence-electron chi connectivity index (χ4n) is 1.38. The van der Waals surface area contributed by atoms with Crippen LogP contribution in [0.5, 0.6) is 11.6 Å². The number of hydrogen-bond donors (Lipinski definition) is 1. The van der Waals surface area contributed by atoms with Crippen molar-refractivity contribution in [3.8, 4) is 11.6 Å². The van der Waals surface area contributed by atoms with Gasteiger partial charge in [-0.15, -0.1) is 0 Å². The molecule has 2 rings (SSSR count). The Bertz CT molecular complexity index is 575. The standard InChI is InChI=1S/C12H11F2N3O/c1-7-11(14)12(17-6-16-7)18-9-3-2-8(5-15)10(13)4-9/h2-4,6H,5,15H2,1H3. The maximum absolute atomic E-state index is 13.6. The van der Waals surface area contributed by atoms with Gasteiger partial charge in [-0.05, 0) is 13.0 Å². The van der Waals surface area contributed by atoms with Crippen LogP contribution in [-0.4, -0.2) is 9.97 Å². The molecule has 2 aromatic rings. The van der Waals surface area contributed by atoms with Gasteiger partial charge in [0.05, 0.1) is 5.69 Å². The first-order chi connectivity index (χ1) is 8.61. The lowest BCUT2D eigenvalue weighted by Crippen LogP contribution is -2.01. The van der Waals surface area contributed by atoms with Crippen molar-refractivity contribution < 1.29 is 13.5 Å². The number of aromatic nitrogens is 2. The zero-order valence-corrected chi connectivity index (χ0v) is 9.65. The Morgan fingerprint density at radius 2 is 2.06 bits per heavy atom. The van der Waals surface area contributed by atoms with E-state index in [-0.39, 0.29) is 23.9 Å². The zero-order valence-electron chi connectivity index (χ0n) is 9.65. The molecule has 1 aromatic heterocycles. The van der Waals surface area contributed by atoms with Crippen LogP contribution in [0.25, 0.3) is 0 Å². The summed E-state index contributed by atoms with van der Waals surface area (Å²) >= 11 is 0. The van der Waals surface area contributed by atoms with Gasteiger partial charge in [0, 0.05) is 18.2 Å². The summed E-state index contributed by atoms with van der Waals surface area (Å²) in [5.74, 6) is -1.24. The fraction of sp³-hybridized carbons (Fsp3) is 0.167. The highest BCUT2D eigenvalue weighted by Gasteiger charge is 2.11. The average Bonchev–Trinajstić information content (AvgIpc) is 2.35. The van der Waals surface area contributed by atoms with E-state index in [0.29, 0.717) is 5.56 Å². The molecule has 0 bridgehead atoms. The normalized spacial score (nSPS) is 10.4. The molecule has 0 radical (unpaired) electrons. The molecule has 0 unspecified atom stereocenters. The number of halogens is 2. The van der Waals surface area contributed by atoms with E-state index >= 15 is 0 Å². The van der Waals surface area contributed by atoms with Crippen LogP contribution in [0.15, 0.2) is 24.5 Å². The Balaban J connectivity index is 2.29. The van der Waals surface area contributed by atoms with Gasteiger partial charge in [-0.25, -0.2) is 9.37 Å². The summed E-state index contributed by atoms with van der Waals surface area (Å²) in [7, 11) is 0. The topological polar surface area (TPSA) is 61.0 Å². The second kappa shape index (κ2) is 5.05. The zero-order chi connectivity index (χ0) is 13.1. The summed E-state index contributed by atoms with van der Waals surface area (Å²) in [6.45, 7) is 1.58. The van der Waals surface area contributed by atoms with Crippen LogP contribution in [0.3, 0.4) is 0 Å². The molecule has 0 aliphatic heterocycles. The minimum absolute atomic E-state index is 0.0904. The molecule has 18 heavy (non-hydrogen) atoms. The van der Waals surface area contributed by atoms with E-state index in [9.17, 15) is 8.78 Å². The number of hydrogen-bond acceptors (Lipinski definition) is 4. The van der Waals surface area contributed by atoms with Gasteiger partial charge in [0.1, 0.15) is 17.9 Å². The molecule has 2 N–H and O–H groups in total. The second-order valence-corrected chi connectivity index (χ2v) is 3.64. The van der Waals surface area contributed by atoms with Crippen LogP contribution >= 0.6 is 0 Å². The third-order valence-electron chi connectivity index (χ3n) is 2.39. The Kier molecular flexibility index (Phi) is 3.47. The van der Waals surface area contributed by atoms with E-state index in [1.165, 1.54) is 25.4 Å². The van der Waals surface area contributed by atoms with Gasteiger partial charge in [0.15, 0.2) is 0 Å². The number of rotatable bonds is 3. The Morgan fingerprint density at radius 3 is 2.72 bits per heavy atom. The maximum atomic E-state index is 13.6. The number of benzene rings is 1. The SMILES string of the molecule is Cc1ncnc(Oc2ccc(CN)c(F)c2)c1F. The van der Waals surface area contributed by atoms with Crippen LogP contribution in [0.2, 0.25) is 0 Å². The highest BCUT2D eigenvalue weighted by molar-refractivity contribution is 5.32. The van der Waals surface area contributed by atoms with Crippen LogP contribution in [-0.2, 0) is 6.54 Å². The first-order valence-electron chi connectivity index (χ1n) is 5.25. The van der Waals surface area contributed by atoms with Gasteiger partial charge in [0.2, 0.25) is 5.82 Å². The van der Waals surface area contributed by atoms with Crippen molar-refractivity contribution in [2.75, 3.05) is 0 Å². The van der Waals surface area contributed by atoms with Gasteiger partial charge < -0.3 is 10.5 Å². The second-order valence-electron chi connectivity index (χ2n) is 3.64. The van der Waals surface area contributed by atoms with Crippen LogP contribution in [0, 0.1) is 18.6 Å². The lowest BCUT2D eigenvalue weighted by molar-refractivity contribution is 0.413. The molecule has 0 spiro atoms. The summed E-state index contributed by atoms with van der Waals surface area (Å²) in [5.41, 5.74) is 5.86. The minimum Gasteiger partial charge on any atom is -0.436 e. The molecule has 0 saturated heterocycles. The number of aryl methyl sites for hydroxylation is 1. The van der Waals surface area contributed by atoms with Crippen LogP contribution in [0.1, 0.15) is 11.3 Å². The molecular formula is C12H11F2N3O. The van der Waals surface area contributed by atoms with Crippen molar-refractivity contribution in [3.05, 3.63) is 47.4 Å². The number of nitrogens with zero attached hydrogens (tertiary/aromatic N) is 2. The average molecular weight is 251 g/mol. The lowest BCUT2D eigenvalue weighted by Gasteiger charge is -2.07. The van der Waals surface area contributed by atoms with Crippen molar-refractivity contribution in [3.63, 3.8) is 0 Å². The van der Waals surface area contributed by atoms with E-state index in [1.54, 1.807) is 0 Å². The molecule has 4 nitrogen and oxygen atoms in total. The van der Waals surface area contributed by atoms with Gasteiger partial charge in [-0.1, -0.05) is 6.07 Å². The Hall–Kier alpha value is -2.08. The monoisotopic (exact) mass is 251 g/mol. The number of ether oxygens (including phenoxy) is 1. The number of nitrogens with two attached hydrogens (primary N) is 1. The van der Waals surface area contributed by atoms with E-state index in [2.05, 4.69) is 9.97 Å². The summed E-state index contributed by atoms with van der Waals surface area (Å²) < 4.78 is 32.2. The van der Waals surface area contributed by atoms with Crippen molar-refractivity contribution in [2.24, 2.45) is 5.73 Å². The fourth-order valence-corrected chi connectivity index (χ4v) is 1.38. The summed E-state index contributed by atoms with van der Waals surface area (Å²) in [5, 5.41) is 0. The van der Waals surface area contributed by atoms with Crippen molar-refractivity contribution in [1.29, 1.82) is 0 Å². The van der Waals surface area contributed by atoms with Gasteiger partial charge in [-0.3, -0.25) is 0 Å². The van der Waals surface area contributed by atoms with Crippen molar-refractivity contribution in [2.45, 2.75) is 13.5 Å². The molecule has 1 heterocycles. The van der Waals surface area contributed by atoms with E-state index in [1.807, 2.05) is 0 Å². The van der Waals surface area contributed by atoms with E-state index in [0.717, 1.165) is 6.07 Å². The molecule has 6 heteroatoms. The molecule has 0 aliphatic rings. The lowest BCUT2D eigenvalue weighted by atomic mass is 10.2. The molecule has 94 valence electrons. The van der Waals surface area contributed by atoms with Crippen molar-refractivity contribution in [1.82, 2.24) is 9.97 Å². The maximum Gasteiger partial charge on any atom is 0.259 e. The van der Waals surface area contributed by atoms with Crippen molar-refractivity contribution >= 4 is 0 Å². The molecule has 0 aliphatic carbocycles. The highest BCUT2D eigenvalue weighted by atomic mass is 19.1. The predicted octanol–water partition coefficient (Wildman–Crippen LogP) is 2.31. The third kappa shape index (κ3) is 2.43. The molecule has 0 amide bonds. The molecule has 0 saturated carbocycles. The Labute approximate surface area is 102 Å². The van der Waals surface area contributed by atoms with E-state index < -0.39 is 11.6 Å². The van der Waals surface area contributed by atoms with Gasteiger partial charge >= 0.3 is 0 Å². The van der Waals surface area contributed by atoms with Gasteiger partial charge in [0.25, 0.3) is 5.88 Å². The summed E-state index contributed by atoms with van der Waals surface area (Å²) in [6, 6.07) is 4.12. The highest BCUT2D eigenvalue weighted by Crippen LogP contribution is 2.24. The summed E-state index contributed by atoms with van der Waals surface area (Å²) in [6.07, 6.45) is 1.18. The Morgan fingerprint density at radius 1 is 1.28 bits per heavy atom. The smallest absolute Gasteiger partial charge is 0.259 e. The largest absolute Gasteiger partial charge is 0.436 e. The molecule has 1 aromatic carbocycles. The quantitative estimate of drug-likeness (QED) is 0.909. The molecule has 0 fully saturated rings. The first-order valence-corrected chi connectivity index (χ1v) is 5.25. The predicted molar refractivity (Wildman–Crippen MR) is 61.1 cm³/mol. The van der Waals surface area contributed by atoms with E-state index in [4.69, 9.17) is 10.5 Å².